The third kappa shape index (κ3) is 2.82. The molecule has 2 rings (SSSR count). The van der Waals surface area contributed by atoms with Crippen LogP contribution in [0.3, 0.4) is 0 Å². The lowest BCUT2D eigenvalue weighted by molar-refractivity contribution is 0.0979. The molecule has 100 valence electrons. The number of Topliss-reactive ketones (excluding diaryl/α,β-unsaturated/α-hetero) is 1. The largest absolute Gasteiger partial charge is 0.292 e. The smallest absolute Gasteiger partial charge is 0.184 e. The minimum atomic E-state index is -1.05. The molecular formula is C15H8Cl2FNO. The van der Waals surface area contributed by atoms with Crippen LogP contribution < -0.4 is 0 Å². The molecule has 0 spiro atoms. The Morgan fingerprint density at radius 3 is 2.45 bits per heavy atom. The van der Waals surface area contributed by atoms with Gasteiger partial charge in [-0.25, -0.2) is 4.39 Å². The highest BCUT2D eigenvalue weighted by Crippen LogP contribution is 2.28. The first-order chi connectivity index (χ1) is 9.54. The molecule has 0 bridgehead atoms. The number of nitrogens with zero attached hydrogens (tertiary/aromatic N) is 1. The number of halogens is 3. The fourth-order valence-electron chi connectivity index (χ4n) is 1.79. The first kappa shape index (κ1) is 14.5. The summed E-state index contributed by atoms with van der Waals surface area (Å²) in [7, 11) is 0. The van der Waals surface area contributed by atoms with E-state index in [1.807, 2.05) is 6.07 Å². The van der Waals surface area contributed by atoms with E-state index in [0.29, 0.717) is 10.6 Å². The normalized spacial score (nSPS) is 11.7. The van der Waals surface area contributed by atoms with E-state index in [1.54, 1.807) is 24.3 Å². The van der Waals surface area contributed by atoms with Crippen molar-refractivity contribution in [2.75, 3.05) is 0 Å². The minimum Gasteiger partial charge on any atom is -0.292 e. The van der Waals surface area contributed by atoms with Gasteiger partial charge in [-0.2, -0.15) is 5.26 Å². The Morgan fingerprint density at radius 1 is 1.15 bits per heavy atom. The maximum absolute atomic E-state index is 13.1. The molecule has 0 heterocycles. The molecule has 0 aromatic heterocycles. The van der Waals surface area contributed by atoms with Crippen LogP contribution in [0.15, 0.2) is 42.5 Å². The van der Waals surface area contributed by atoms with Crippen molar-refractivity contribution < 1.29 is 9.18 Å². The molecule has 0 aliphatic carbocycles. The van der Waals surface area contributed by atoms with Gasteiger partial charge in [0.1, 0.15) is 11.7 Å². The zero-order valence-electron chi connectivity index (χ0n) is 10.1. The van der Waals surface area contributed by atoms with Gasteiger partial charge in [0.05, 0.1) is 11.1 Å². The molecule has 0 aliphatic rings. The van der Waals surface area contributed by atoms with Crippen molar-refractivity contribution in [1.29, 1.82) is 5.26 Å². The molecule has 2 aromatic carbocycles. The summed E-state index contributed by atoms with van der Waals surface area (Å²) >= 11 is 11.6. The molecule has 2 aromatic rings. The summed E-state index contributed by atoms with van der Waals surface area (Å²) in [5, 5.41) is 9.40. The van der Waals surface area contributed by atoms with Gasteiger partial charge in [0.25, 0.3) is 0 Å². The quantitative estimate of drug-likeness (QED) is 0.776. The molecule has 1 unspecified atom stereocenters. The summed E-state index contributed by atoms with van der Waals surface area (Å²) < 4.78 is 13.1. The van der Waals surface area contributed by atoms with Crippen LogP contribution >= 0.6 is 23.2 Å². The number of benzene rings is 2. The average molecular weight is 308 g/mol. The SMILES string of the molecule is N#CC(C(=O)c1ccc(F)c(Cl)c1)c1ccccc1Cl. The van der Waals surface area contributed by atoms with Crippen LogP contribution in [0.1, 0.15) is 21.8 Å². The van der Waals surface area contributed by atoms with Crippen LogP contribution in [0.2, 0.25) is 10.0 Å². The molecule has 0 fully saturated rings. The summed E-state index contributed by atoms with van der Waals surface area (Å²) in [6.07, 6.45) is 0. The van der Waals surface area contributed by atoms with Crippen molar-refractivity contribution in [1.82, 2.24) is 0 Å². The Kier molecular flexibility index (Phi) is 4.39. The molecular weight excluding hydrogens is 300 g/mol. The Morgan fingerprint density at radius 2 is 1.85 bits per heavy atom. The number of nitriles is 1. The highest BCUT2D eigenvalue weighted by atomic mass is 35.5. The highest BCUT2D eigenvalue weighted by molar-refractivity contribution is 6.32. The minimum absolute atomic E-state index is 0.160. The second-order valence-corrected chi connectivity index (χ2v) is 4.89. The maximum atomic E-state index is 13.1. The third-order valence-corrected chi connectivity index (χ3v) is 3.45. The van der Waals surface area contributed by atoms with E-state index in [1.165, 1.54) is 12.1 Å². The number of hydrogen-bond acceptors (Lipinski definition) is 2. The summed E-state index contributed by atoms with van der Waals surface area (Å²) in [5.74, 6) is -2.14. The lowest BCUT2D eigenvalue weighted by atomic mass is 9.92. The molecule has 0 N–H and O–H groups in total. The Labute approximate surface area is 125 Å². The Hall–Kier alpha value is -1.89. The van der Waals surface area contributed by atoms with Gasteiger partial charge in [0.15, 0.2) is 5.78 Å². The first-order valence-electron chi connectivity index (χ1n) is 5.68. The van der Waals surface area contributed by atoms with Gasteiger partial charge in [0, 0.05) is 10.6 Å². The van der Waals surface area contributed by atoms with Crippen LogP contribution in [0, 0.1) is 17.1 Å². The van der Waals surface area contributed by atoms with Crippen molar-refractivity contribution in [2.24, 2.45) is 0 Å². The topological polar surface area (TPSA) is 40.9 Å². The number of carbonyl (C=O) groups excluding carboxylic acids is 1. The lowest BCUT2D eigenvalue weighted by Crippen LogP contribution is -2.12. The predicted molar refractivity (Wildman–Crippen MR) is 75.5 cm³/mol. The van der Waals surface area contributed by atoms with Crippen LogP contribution in [0.5, 0.6) is 0 Å². The molecule has 1 atom stereocenters. The van der Waals surface area contributed by atoms with E-state index < -0.39 is 17.5 Å². The summed E-state index contributed by atoms with van der Waals surface area (Å²) in [5.41, 5.74) is 0.588. The zero-order chi connectivity index (χ0) is 14.7. The standard InChI is InChI=1S/C15H8Cl2FNO/c16-12-4-2-1-3-10(12)11(8-19)15(20)9-5-6-14(18)13(17)7-9/h1-7,11H. The molecule has 0 saturated carbocycles. The monoisotopic (exact) mass is 307 g/mol. The maximum Gasteiger partial charge on any atom is 0.184 e. The Bertz CT molecular complexity index is 709. The summed E-state index contributed by atoms with van der Waals surface area (Å²) in [6.45, 7) is 0. The van der Waals surface area contributed by atoms with Gasteiger partial charge < -0.3 is 0 Å². The van der Waals surface area contributed by atoms with Crippen molar-refractivity contribution in [2.45, 2.75) is 5.92 Å². The van der Waals surface area contributed by atoms with Crippen molar-refractivity contribution >= 4 is 29.0 Å². The molecule has 0 amide bonds. The number of hydrogen-bond donors (Lipinski definition) is 0. The van der Waals surface area contributed by atoms with E-state index in [0.717, 1.165) is 6.07 Å². The van der Waals surface area contributed by atoms with Gasteiger partial charge in [0.2, 0.25) is 0 Å². The van der Waals surface area contributed by atoms with Crippen LogP contribution in [0.4, 0.5) is 4.39 Å². The van der Waals surface area contributed by atoms with Crippen LogP contribution in [-0.4, -0.2) is 5.78 Å². The molecule has 5 heteroatoms. The van der Waals surface area contributed by atoms with Gasteiger partial charge in [-0.05, 0) is 29.8 Å². The third-order valence-electron chi connectivity index (χ3n) is 2.81. The van der Waals surface area contributed by atoms with E-state index >= 15 is 0 Å². The highest BCUT2D eigenvalue weighted by Gasteiger charge is 2.24. The zero-order valence-corrected chi connectivity index (χ0v) is 11.6. The van der Waals surface area contributed by atoms with Crippen LogP contribution in [-0.2, 0) is 0 Å². The molecule has 20 heavy (non-hydrogen) atoms. The van der Waals surface area contributed by atoms with Gasteiger partial charge in [-0.15, -0.1) is 0 Å². The second kappa shape index (κ2) is 6.04. The van der Waals surface area contributed by atoms with Gasteiger partial charge in [-0.1, -0.05) is 41.4 Å². The van der Waals surface area contributed by atoms with Gasteiger partial charge >= 0.3 is 0 Å². The van der Waals surface area contributed by atoms with Crippen molar-refractivity contribution in [3.05, 3.63) is 69.5 Å². The van der Waals surface area contributed by atoms with Crippen molar-refractivity contribution in [3.63, 3.8) is 0 Å². The average Bonchev–Trinajstić information content (AvgIpc) is 2.44. The van der Waals surface area contributed by atoms with Gasteiger partial charge in [-0.3, -0.25) is 4.79 Å². The van der Waals surface area contributed by atoms with E-state index in [9.17, 15) is 14.4 Å². The first-order valence-corrected chi connectivity index (χ1v) is 6.43. The fraction of sp³-hybridized carbons (Fsp3) is 0.0667. The summed E-state index contributed by atoms with van der Waals surface area (Å²) in [4.78, 5) is 12.3. The fourth-order valence-corrected chi connectivity index (χ4v) is 2.22. The van der Waals surface area contributed by atoms with E-state index in [2.05, 4.69) is 0 Å². The molecule has 0 saturated heterocycles. The van der Waals surface area contributed by atoms with Crippen molar-refractivity contribution in [3.8, 4) is 6.07 Å². The van der Waals surface area contributed by atoms with E-state index in [-0.39, 0.29) is 10.6 Å². The Balaban J connectivity index is 2.42. The molecule has 2 nitrogen and oxygen atoms in total. The van der Waals surface area contributed by atoms with Crippen LogP contribution in [0.25, 0.3) is 0 Å². The second-order valence-electron chi connectivity index (χ2n) is 4.08. The number of rotatable bonds is 3. The number of ketones is 1. The molecule has 0 radical (unpaired) electrons. The lowest BCUT2D eigenvalue weighted by Gasteiger charge is -2.10. The molecule has 0 aliphatic heterocycles. The number of carbonyl (C=O) groups is 1. The van der Waals surface area contributed by atoms with E-state index in [4.69, 9.17) is 23.2 Å². The predicted octanol–water partition coefficient (Wildman–Crippen LogP) is 4.62. The summed E-state index contributed by atoms with van der Waals surface area (Å²) in [6, 6.07) is 12.1.